The van der Waals surface area contributed by atoms with Gasteiger partial charge in [0.15, 0.2) is 11.5 Å². The maximum Gasteiger partial charge on any atom is 0.264 e. The number of aromatic hydroxyl groups is 1. The van der Waals surface area contributed by atoms with Crippen molar-refractivity contribution in [2.75, 3.05) is 33.9 Å². The molecule has 0 aromatic heterocycles. The molecule has 0 unspecified atom stereocenters. The van der Waals surface area contributed by atoms with Crippen LogP contribution in [0.4, 0.5) is 0 Å². The first-order valence-electron chi connectivity index (χ1n) is 37.8. The largest absolute Gasteiger partial charge is 0.508 e. The van der Waals surface area contributed by atoms with E-state index in [0.29, 0.717) is 18.4 Å². The molecule has 612 valence electrons. The first-order chi connectivity index (χ1) is 54.8. The summed E-state index contributed by atoms with van der Waals surface area (Å²) in [5, 5.41) is 129. The van der Waals surface area contributed by atoms with Crippen molar-refractivity contribution < 1.29 is 116 Å². The Bertz CT molecular complexity index is 4890. The van der Waals surface area contributed by atoms with Gasteiger partial charge in [0.05, 0.1) is 29.0 Å². The number of fused-ring (bicyclic) bond motifs is 12. The number of rotatable bonds is 18. The molecular weight excluding hydrogens is 1540 g/mol. The zero-order chi connectivity index (χ0) is 82.0. The predicted molar refractivity (Wildman–Crippen MR) is 403 cm³/mol. The highest BCUT2D eigenvalue weighted by molar-refractivity contribution is 7.90. The third-order valence-corrected chi connectivity index (χ3v) is 24.3. The standard InChI is InChI=1S/C79H89ClN10O24S/c1-33(2)19-51(82-4)71(99)88-64-66(95)38-8-16-53(50(80)26-38)112-55-28-41-27-54(70(55)114-78-69(98)68(97)67(96)56(32-91)113-78)111-44-9-5-36(6-10-44)65(94)63-77(105)87-62(75(103)84-59-39-21-34-20-35(23-39)24-40(59)22-34)47-29-42(92)30-49-58(47)46-25-37(7-15-48(46)79(49,106)107)60(73(101)89-63)86-74(102)61(41)85-72(100)52(83-76(64)104)31-57(93)90-115(108,109)45-13-11-43(12-14-45)110-18-17-81-3/h5-16,25-30,33-35,39-40,51-52,56,59-69,78,81-82,91-92,94-98,106-107H,17-24,31-32H2,1-4H3,(H,83,104)(H,84,103)(H,85,100)(H,86,102)(H,87,105)(H,88,99)(H,89,101)(H,90,93)/t34?,35?,39?,40?,51-,52+,56-,59?,60-,61-,62+,63+,64-,65-,66-,67-,68+,69-,78+/m1/s1. The van der Waals surface area contributed by atoms with Gasteiger partial charge in [-0.1, -0.05) is 55.8 Å². The second kappa shape index (κ2) is 32.9. The number of aliphatic hydroxyl groups is 8. The number of hydrogen-bond acceptors (Lipinski definition) is 26. The van der Waals surface area contributed by atoms with Crippen LogP contribution in [0, 0.1) is 29.6 Å². The highest BCUT2D eigenvalue weighted by Crippen LogP contribution is 2.56. The molecule has 0 radical (unpaired) electrons. The summed E-state index contributed by atoms with van der Waals surface area (Å²) in [5.41, 5.74) is -2.06. The third-order valence-electron chi connectivity index (χ3n) is 22.7. The van der Waals surface area contributed by atoms with Crippen molar-refractivity contribution in [1.82, 2.24) is 52.6 Å². The summed E-state index contributed by atoms with van der Waals surface area (Å²) in [6.45, 7) is 3.28. The highest BCUT2D eigenvalue weighted by Gasteiger charge is 2.52. The molecular formula is C79H89ClN10O24S. The molecule has 17 rings (SSSR count). The summed E-state index contributed by atoms with van der Waals surface area (Å²) < 4.78 is 61.2. The Morgan fingerprint density at radius 1 is 0.661 bits per heavy atom. The molecule has 6 aliphatic heterocycles. The normalized spacial score (nSPS) is 28.8. The Balaban J connectivity index is 0.945. The van der Waals surface area contributed by atoms with Crippen molar-refractivity contribution in [3.63, 3.8) is 0 Å². The van der Waals surface area contributed by atoms with Gasteiger partial charge in [0.2, 0.25) is 65.1 Å². The molecule has 36 heteroatoms. The maximum absolute atomic E-state index is 16.4. The van der Waals surface area contributed by atoms with Gasteiger partial charge in [0.25, 0.3) is 10.0 Å². The van der Waals surface area contributed by atoms with Crippen LogP contribution in [0.3, 0.4) is 0 Å². The molecule has 34 nitrogen and oxygen atoms in total. The molecule has 5 fully saturated rings. The lowest BCUT2D eigenvalue weighted by Crippen LogP contribution is -2.60. The second-order valence-electron chi connectivity index (χ2n) is 30.9. The lowest BCUT2D eigenvalue weighted by atomic mass is 9.54. The minimum Gasteiger partial charge on any atom is -0.508 e. The van der Waals surface area contributed by atoms with Crippen LogP contribution in [0.25, 0.3) is 11.1 Å². The van der Waals surface area contributed by atoms with Crippen molar-refractivity contribution in [3.05, 3.63) is 153 Å². The SMILES string of the molecule is CNCCOc1ccc(S(=O)(=O)NC(=O)C[C@@H]2NC(=O)[C@H](NC(=O)[C@@H](CC(C)C)NC)[C@H](O)c3ccc(c(Cl)c3)Oc3cc4cc(c3O[C@@H]3O[C@H](CO)[C@@H](O)[C@H](O)[C@H]3O)Oc3ccc(cc3)[C@@H](O)[C@@H]3NC(=O)[C@H](NC(=O)[C@@H]4NC2=O)c2ccc4c(c2)-c2c(cc(O)cc2C4(O)O)[C@@H](C(=O)NC2C4CC5CC(C4)CC2C5)NC3=O)cc1. The van der Waals surface area contributed by atoms with E-state index in [1.54, 1.807) is 7.05 Å². The molecule has 11 aliphatic rings. The Morgan fingerprint density at radius 2 is 1.31 bits per heavy atom. The van der Waals surface area contributed by atoms with Crippen molar-refractivity contribution in [1.29, 1.82) is 0 Å². The van der Waals surface area contributed by atoms with E-state index in [2.05, 4.69) is 47.9 Å². The Hall–Kier alpha value is -10.1. The summed E-state index contributed by atoms with van der Waals surface area (Å²) in [4.78, 5) is 123. The van der Waals surface area contributed by atoms with Crippen molar-refractivity contribution in [2.24, 2.45) is 29.6 Å². The average molecular weight is 1630 g/mol. The van der Waals surface area contributed by atoms with Crippen molar-refractivity contribution in [3.8, 4) is 51.4 Å². The fourth-order valence-electron chi connectivity index (χ4n) is 17.1. The van der Waals surface area contributed by atoms with E-state index in [-0.39, 0.29) is 104 Å². The zero-order valence-corrected chi connectivity index (χ0v) is 64.0. The number of phenolic OH excluding ortho intramolecular Hbond substituents is 1. The summed E-state index contributed by atoms with van der Waals surface area (Å²) in [6.07, 6.45) is -10.8. The van der Waals surface area contributed by atoms with Gasteiger partial charge in [-0.3, -0.25) is 38.4 Å². The molecule has 1 saturated heterocycles. The molecule has 19 N–H and O–H groups in total. The Morgan fingerprint density at radius 3 is 1.97 bits per heavy atom. The summed E-state index contributed by atoms with van der Waals surface area (Å²) in [7, 11) is -1.73. The Labute approximate surface area is 663 Å². The Kier molecular flexibility index (Phi) is 23.3. The zero-order valence-electron chi connectivity index (χ0n) is 62.4. The number of amides is 8. The average Bonchev–Trinajstić information content (AvgIpc) is 1.56. The van der Waals surface area contributed by atoms with Gasteiger partial charge in [-0.2, -0.15) is 0 Å². The number of nitrogens with one attached hydrogen (secondary N) is 10. The number of benzene rings is 6. The molecule has 115 heavy (non-hydrogen) atoms. The molecule has 14 atom stereocenters. The number of carbonyl (C=O) groups excluding carboxylic acids is 8. The highest BCUT2D eigenvalue weighted by atomic mass is 35.5. The van der Waals surface area contributed by atoms with Crippen LogP contribution in [0.5, 0.6) is 40.2 Å². The molecule has 6 aromatic carbocycles. The number of halogens is 1. The van der Waals surface area contributed by atoms with Gasteiger partial charge in [-0.25, -0.2) is 13.1 Å². The number of carbonyl (C=O) groups is 8. The van der Waals surface area contributed by atoms with Crippen LogP contribution in [0.2, 0.25) is 5.02 Å². The molecule has 6 heterocycles. The van der Waals surface area contributed by atoms with E-state index in [1.165, 1.54) is 73.8 Å². The van der Waals surface area contributed by atoms with Crippen LogP contribution in [-0.2, 0) is 58.9 Å². The van der Waals surface area contributed by atoms with Gasteiger partial charge in [-0.05, 0) is 200 Å². The van der Waals surface area contributed by atoms with E-state index >= 15 is 28.8 Å². The number of aliphatic hydroxyl groups excluding tert-OH is 6. The molecule has 8 amide bonds. The van der Waals surface area contributed by atoms with Crippen LogP contribution < -0.4 is 71.5 Å². The lowest BCUT2D eigenvalue weighted by molar-refractivity contribution is -0.277. The summed E-state index contributed by atoms with van der Waals surface area (Å²) >= 11 is 7.08. The van der Waals surface area contributed by atoms with E-state index < -0.39 is 195 Å². The van der Waals surface area contributed by atoms with Gasteiger partial charge >= 0.3 is 0 Å². The first kappa shape index (κ1) is 81.4. The molecule has 4 saturated carbocycles. The van der Waals surface area contributed by atoms with E-state index in [9.17, 15) is 64.0 Å². The number of hydrogen-bond donors (Lipinski definition) is 19. The van der Waals surface area contributed by atoms with Gasteiger partial charge in [0, 0.05) is 23.7 Å². The fourth-order valence-corrected chi connectivity index (χ4v) is 18.3. The van der Waals surface area contributed by atoms with Crippen LogP contribution in [0.1, 0.15) is 128 Å². The maximum atomic E-state index is 16.4. The smallest absolute Gasteiger partial charge is 0.264 e. The van der Waals surface area contributed by atoms with E-state index in [0.717, 1.165) is 74.6 Å². The van der Waals surface area contributed by atoms with Crippen molar-refractivity contribution >= 4 is 68.9 Å². The van der Waals surface area contributed by atoms with E-state index in [1.807, 2.05) is 18.6 Å². The van der Waals surface area contributed by atoms with Gasteiger partial charge < -0.3 is 117 Å². The minimum absolute atomic E-state index is 0.0829. The molecule has 5 aliphatic carbocycles. The minimum atomic E-state index is -4.88. The van der Waals surface area contributed by atoms with Gasteiger partial charge in [-0.15, -0.1) is 0 Å². The summed E-state index contributed by atoms with van der Waals surface area (Å²) in [5.74, 6) is -14.8. The number of likely N-dealkylation sites (N-methyl/N-ethyl adjacent to an activating group) is 2. The molecule has 6 aromatic rings. The molecule has 15 bridgehead atoms. The summed E-state index contributed by atoms with van der Waals surface area (Å²) in [6, 6.07) is 6.83. The predicted octanol–water partition coefficient (Wildman–Crippen LogP) is 0.778. The number of ether oxygens (including phenoxy) is 5. The first-order valence-corrected chi connectivity index (χ1v) is 39.6. The van der Waals surface area contributed by atoms with Crippen LogP contribution in [-0.4, -0.2) is 196 Å². The van der Waals surface area contributed by atoms with Crippen LogP contribution >= 0.6 is 11.6 Å². The van der Waals surface area contributed by atoms with Gasteiger partial charge in [0.1, 0.15) is 102 Å². The quantitative estimate of drug-likeness (QED) is 0.0417. The monoisotopic (exact) mass is 1630 g/mol. The topological polar surface area (TPSA) is 519 Å². The second-order valence-corrected chi connectivity index (χ2v) is 33.0. The molecule has 0 spiro atoms. The van der Waals surface area contributed by atoms with Crippen molar-refractivity contribution in [2.45, 2.75) is 161 Å². The third kappa shape index (κ3) is 16.5. The fraction of sp³-hybridized carbons (Fsp3) is 0.443. The number of phenols is 1. The van der Waals surface area contributed by atoms with Crippen LogP contribution in [0.15, 0.2) is 114 Å². The van der Waals surface area contributed by atoms with E-state index in [4.69, 9.17) is 35.3 Å². The number of sulfonamides is 1. The lowest BCUT2D eigenvalue weighted by Gasteiger charge is -2.54.